The van der Waals surface area contributed by atoms with Gasteiger partial charge in [-0.25, -0.2) is 0 Å². The fourth-order valence-electron chi connectivity index (χ4n) is 3.73. The minimum absolute atomic E-state index is 0.327. The van der Waals surface area contributed by atoms with Gasteiger partial charge in [0.1, 0.15) is 0 Å². The van der Waals surface area contributed by atoms with Crippen LogP contribution < -0.4 is 5.32 Å². The van der Waals surface area contributed by atoms with Gasteiger partial charge in [0.15, 0.2) is 0 Å². The lowest BCUT2D eigenvalue weighted by atomic mass is 9.64. The molecule has 2 rings (SSSR count). The Hall–Kier alpha value is -0.300. The number of nitrogens with one attached hydrogen (secondary N) is 1. The van der Waals surface area contributed by atoms with Crippen LogP contribution in [-0.2, 0) is 0 Å². The highest BCUT2D eigenvalue weighted by molar-refractivity contribution is 5.09. The van der Waals surface area contributed by atoms with Crippen molar-refractivity contribution in [2.24, 2.45) is 11.8 Å². The molecule has 15 heavy (non-hydrogen) atoms. The van der Waals surface area contributed by atoms with E-state index < -0.39 is 0 Å². The maximum Gasteiger partial charge on any atom is 0.0364 e. The first kappa shape index (κ1) is 11.2. The summed E-state index contributed by atoms with van der Waals surface area (Å²) in [6, 6.07) is 0. The van der Waals surface area contributed by atoms with Crippen LogP contribution in [0.4, 0.5) is 0 Å². The highest BCUT2D eigenvalue weighted by Gasteiger charge is 2.38. The number of allylic oxidation sites excluding steroid dienone is 1. The predicted octanol–water partition coefficient (Wildman–Crippen LogP) is 3.51. The Labute approximate surface area is 94.3 Å². The normalized spacial score (nSPS) is 41.7. The summed E-state index contributed by atoms with van der Waals surface area (Å²) in [5.74, 6) is 2.04. The van der Waals surface area contributed by atoms with Crippen molar-refractivity contribution in [1.82, 2.24) is 5.32 Å². The molecule has 0 amide bonds. The van der Waals surface area contributed by atoms with Crippen LogP contribution in [0.2, 0.25) is 0 Å². The van der Waals surface area contributed by atoms with Crippen molar-refractivity contribution >= 4 is 0 Å². The lowest BCUT2D eigenvalue weighted by molar-refractivity contribution is 0.116. The Morgan fingerprint density at radius 1 is 1.13 bits per heavy atom. The van der Waals surface area contributed by atoms with Gasteiger partial charge in [-0.1, -0.05) is 37.8 Å². The molecule has 0 radical (unpaired) electrons. The number of fused-ring (bicyclic) bond motifs is 1. The molecule has 2 aliphatic carbocycles. The van der Waals surface area contributed by atoms with Crippen LogP contribution in [-0.4, -0.2) is 12.6 Å². The molecule has 0 aliphatic heterocycles. The van der Waals surface area contributed by atoms with Crippen LogP contribution in [0, 0.1) is 11.8 Å². The van der Waals surface area contributed by atoms with E-state index >= 15 is 0 Å². The van der Waals surface area contributed by atoms with Gasteiger partial charge >= 0.3 is 0 Å². The van der Waals surface area contributed by atoms with Crippen molar-refractivity contribution in [3.63, 3.8) is 0 Å². The van der Waals surface area contributed by atoms with Crippen LogP contribution in [0.1, 0.15) is 51.9 Å². The van der Waals surface area contributed by atoms with E-state index in [0.717, 1.165) is 11.8 Å². The quantitative estimate of drug-likeness (QED) is 0.683. The first-order valence-corrected chi connectivity index (χ1v) is 6.62. The molecule has 2 saturated carbocycles. The minimum Gasteiger partial charge on any atom is -0.311 e. The molecule has 0 spiro atoms. The first-order chi connectivity index (χ1) is 7.29. The molecule has 0 saturated heterocycles. The Kier molecular flexibility index (Phi) is 3.50. The van der Waals surface area contributed by atoms with E-state index in [0.29, 0.717) is 5.54 Å². The number of likely N-dealkylation sites (N-methyl/N-ethyl adjacent to an activating group) is 1. The van der Waals surface area contributed by atoms with Crippen LogP contribution in [0.25, 0.3) is 0 Å². The van der Waals surface area contributed by atoms with Gasteiger partial charge in [-0.3, -0.25) is 0 Å². The van der Waals surface area contributed by atoms with Gasteiger partial charge < -0.3 is 5.32 Å². The van der Waals surface area contributed by atoms with Crippen molar-refractivity contribution in [2.45, 2.75) is 57.4 Å². The molecule has 0 bridgehead atoms. The van der Waals surface area contributed by atoms with Gasteiger partial charge in [-0.15, -0.1) is 0 Å². The monoisotopic (exact) mass is 207 g/mol. The van der Waals surface area contributed by atoms with Crippen LogP contribution in [0.3, 0.4) is 0 Å². The molecule has 3 atom stereocenters. The zero-order chi connectivity index (χ0) is 10.7. The van der Waals surface area contributed by atoms with Crippen molar-refractivity contribution in [1.29, 1.82) is 0 Å². The second-order valence-electron chi connectivity index (χ2n) is 5.45. The minimum atomic E-state index is 0.327. The fourth-order valence-corrected chi connectivity index (χ4v) is 3.73. The van der Waals surface area contributed by atoms with E-state index in [-0.39, 0.29) is 0 Å². The molecule has 2 aliphatic rings. The average Bonchev–Trinajstić information content (AvgIpc) is 2.29. The summed E-state index contributed by atoms with van der Waals surface area (Å²) in [4.78, 5) is 0. The van der Waals surface area contributed by atoms with Crippen molar-refractivity contribution in [3.8, 4) is 0 Å². The van der Waals surface area contributed by atoms with Crippen LogP contribution >= 0.6 is 0 Å². The van der Waals surface area contributed by atoms with Crippen LogP contribution in [0.15, 0.2) is 12.2 Å². The van der Waals surface area contributed by atoms with Gasteiger partial charge in [0.25, 0.3) is 0 Å². The second kappa shape index (κ2) is 4.69. The molecule has 0 aromatic carbocycles. The molecule has 1 nitrogen and oxygen atoms in total. The van der Waals surface area contributed by atoms with E-state index in [1.807, 2.05) is 0 Å². The Morgan fingerprint density at radius 3 is 2.53 bits per heavy atom. The molecule has 0 aromatic rings. The smallest absolute Gasteiger partial charge is 0.0364 e. The predicted molar refractivity (Wildman–Crippen MR) is 65.9 cm³/mol. The molecular weight excluding hydrogens is 182 g/mol. The summed E-state index contributed by atoms with van der Waals surface area (Å²) < 4.78 is 0. The van der Waals surface area contributed by atoms with Crippen molar-refractivity contribution in [2.75, 3.05) is 7.05 Å². The third kappa shape index (κ3) is 2.28. The van der Waals surface area contributed by atoms with E-state index in [1.54, 1.807) is 0 Å². The van der Waals surface area contributed by atoms with Crippen molar-refractivity contribution in [3.05, 3.63) is 12.2 Å². The lowest BCUT2D eigenvalue weighted by Crippen LogP contribution is -2.48. The van der Waals surface area contributed by atoms with Crippen molar-refractivity contribution < 1.29 is 0 Å². The molecular formula is C14H25N. The topological polar surface area (TPSA) is 12.0 Å². The second-order valence-corrected chi connectivity index (χ2v) is 5.45. The van der Waals surface area contributed by atoms with Gasteiger partial charge in [0.05, 0.1) is 0 Å². The molecule has 1 N–H and O–H groups in total. The third-order valence-electron chi connectivity index (χ3n) is 4.64. The summed E-state index contributed by atoms with van der Waals surface area (Å²) in [6.07, 6.45) is 14.7. The molecule has 86 valence electrons. The highest BCUT2D eigenvalue weighted by atomic mass is 14.9. The van der Waals surface area contributed by atoms with Gasteiger partial charge in [0.2, 0.25) is 0 Å². The average molecular weight is 207 g/mol. The Bertz CT molecular complexity index is 233. The Morgan fingerprint density at radius 2 is 1.87 bits per heavy atom. The molecule has 0 unspecified atom stereocenters. The third-order valence-corrected chi connectivity index (χ3v) is 4.64. The largest absolute Gasteiger partial charge is 0.311 e. The summed E-state index contributed by atoms with van der Waals surface area (Å²) >= 11 is 0. The molecule has 0 aromatic heterocycles. The van der Waals surface area contributed by atoms with Gasteiger partial charge in [-0.05, 0) is 45.1 Å². The summed E-state index contributed by atoms with van der Waals surface area (Å²) in [5.41, 5.74) is 0.327. The highest BCUT2D eigenvalue weighted by Crippen LogP contribution is 2.44. The summed E-state index contributed by atoms with van der Waals surface area (Å²) in [7, 11) is 2.13. The SMILES string of the molecule is CC=C[C@@]1(NC)CC[C@@H]2CCCC[C@H]2C1. The van der Waals surface area contributed by atoms with E-state index in [2.05, 4.69) is 31.4 Å². The van der Waals surface area contributed by atoms with E-state index in [4.69, 9.17) is 0 Å². The summed E-state index contributed by atoms with van der Waals surface area (Å²) in [6.45, 7) is 2.14. The first-order valence-electron chi connectivity index (χ1n) is 6.62. The van der Waals surface area contributed by atoms with Crippen LogP contribution in [0.5, 0.6) is 0 Å². The zero-order valence-corrected chi connectivity index (χ0v) is 10.3. The number of hydrogen-bond donors (Lipinski definition) is 1. The van der Waals surface area contributed by atoms with E-state index in [1.165, 1.54) is 44.9 Å². The number of rotatable bonds is 2. The Balaban J connectivity index is 2.05. The van der Waals surface area contributed by atoms with Gasteiger partial charge in [0, 0.05) is 5.54 Å². The fraction of sp³-hybridized carbons (Fsp3) is 0.857. The molecule has 1 heteroatoms. The molecule has 0 heterocycles. The zero-order valence-electron chi connectivity index (χ0n) is 10.3. The lowest BCUT2D eigenvalue weighted by Gasteiger charge is -2.45. The number of hydrogen-bond acceptors (Lipinski definition) is 1. The maximum atomic E-state index is 3.56. The molecule has 2 fully saturated rings. The van der Waals surface area contributed by atoms with Gasteiger partial charge in [-0.2, -0.15) is 0 Å². The maximum absolute atomic E-state index is 3.56. The summed E-state index contributed by atoms with van der Waals surface area (Å²) in [5, 5.41) is 3.56. The van der Waals surface area contributed by atoms with E-state index in [9.17, 15) is 0 Å². The standard InChI is InChI=1S/C14H25N/c1-3-9-14(15-2)10-8-12-6-4-5-7-13(12)11-14/h3,9,12-13,15H,4-8,10-11H2,1-2H3/t12-,13-,14+/m0/s1.